The summed E-state index contributed by atoms with van der Waals surface area (Å²) < 4.78 is 6.15. The zero-order valence-corrected chi connectivity index (χ0v) is 17.6. The van der Waals surface area contributed by atoms with Crippen LogP contribution >= 0.6 is 11.8 Å². The van der Waals surface area contributed by atoms with Crippen LogP contribution in [-0.2, 0) is 6.42 Å². The highest BCUT2D eigenvalue weighted by molar-refractivity contribution is 7.99. The molecule has 0 amide bonds. The third-order valence-electron chi connectivity index (χ3n) is 5.14. The minimum absolute atomic E-state index is 0.228. The summed E-state index contributed by atoms with van der Waals surface area (Å²) in [6.45, 7) is 7.49. The van der Waals surface area contributed by atoms with Crippen LogP contribution in [0.2, 0.25) is 0 Å². The normalized spacial score (nSPS) is 12.4. The number of nitrogens with zero attached hydrogens (tertiary/aromatic N) is 3. The van der Waals surface area contributed by atoms with Gasteiger partial charge in [-0.25, -0.2) is 4.98 Å². The number of hydrogen-bond acceptors (Lipinski definition) is 6. The maximum Gasteiger partial charge on any atom is 0.227 e. The summed E-state index contributed by atoms with van der Waals surface area (Å²) in [7, 11) is 0. The van der Waals surface area contributed by atoms with E-state index >= 15 is 0 Å². The molecule has 0 unspecified atom stereocenters. The Hall–Kier alpha value is -2.57. The second kappa shape index (κ2) is 8.84. The minimum atomic E-state index is 0.228. The van der Waals surface area contributed by atoms with Crippen LogP contribution in [0.1, 0.15) is 25.0 Å². The third-order valence-corrected chi connectivity index (χ3v) is 6.14. The van der Waals surface area contributed by atoms with E-state index in [9.17, 15) is 5.11 Å². The molecule has 150 valence electrons. The van der Waals surface area contributed by atoms with Crippen LogP contribution in [0.15, 0.2) is 53.6 Å². The number of thioether (sulfide) groups is 1. The van der Waals surface area contributed by atoms with Gasteiger partial charge in [-0.2, -0.15) is 4.98 Å². The van der Waals surface area contributed by atoms with Crippen molar-refractivity contribution in [1.82, 2.24) is 14.9 Å². The highest BCUT2D eigenvalue weighted by Gasteiger charge is 2.24. The molecule has 0 saturated carbocycles. The van der Waals surface area contributed by atoms with Gasteiger partial charge in [0.15, 0.2) is 5.82 Å². The summed E-state index contributed by atoms with van der Waals surface area (Å²) >= 11 is 1.76. The van der Waals surface area contributed by atoms with E-state index in [-0.39, 0.29) is 5.75 Å². The average Bonchev–Trinajstić information content (AvgIpc) is 2.75. The summed E-state index contributed by atoms with van der Waals surface area (Å²) in [5, 5.41) is 10.6. The quantitative estimate of drug-likeness (QED) is 0.344. The van der Waals surface area contributed by atoms with Crippen LogP contribution in [0, 0.1) is 0 Å². The summed E-state index contributed by atoms with van der Waals surface area (Å²) in [5.74, 6) is 3.29. The van der Waals surface area contributed by atoms with Crippen molar-refractivity contribution in [2.45, 2.75) is 25.3 Å². The first-order valence-corrected chi connectivity index (χ1v) is 11.0. The second-order valence-electron chi connectivity index (χ2n) is 6.94. The molecule has 0 fully saturated rings. The Morgan fingerprint density at radius 2 is 1.79 bits per heavy atom. The predicted octanol–water partition coefficient (Wildman–Crippen LogP) is 4.98. The third kappa shape index (κ3) is 4.38. The number of phenolic OH excluding ortho intramolecular Hbond substituents is 1. The molecular formula is C23H25N3O2S. The number of benzene rings is 2. The number of fused-ring (bicyclic) bond motifs is 2. The smallest absolute Gasteiger partial charge is 0.227 e. The van der Waals surface area contributed by atoms with E-state index in [1.807, 2.05) is 30.3 Å². The largest absolute Gasteiger partial charge is 0.508 e. The summed E-state index contributed by atoms with van der Waals surface area (Å²) in [6.07, 6.45) is 0.773. The standard InChI is InChI=1S/C23H25N3O2S/c1-3-26(4-2)13-14-29-23-19-15-17-7-5-6-8-20(17)28-22(19)24-21(25-23)16-9-11-18(27)12-10-16/h5-12,27H,3-4,13-15H2,1-2H3. The van der Waals surface area contributed by atoms with Gasteiger partial charge in [0.05, 0.1) is 5.56 Å². The van der Waals surface area contributed by atoms with Crippen LogP contribution in [0.3, 0.4) is 0 Å². The first-order chi connectivity index (χ1) is 14.2. The van der Waals surface area contributed by atoms with Crippen molar-refractivity contribution >= 4 is 11.8 Å². The fourth-order valence-electron chi connectivity index (χ4n) is 3.39. The van der Waals surface area contributed by atoms with Gasteiger partial charge in [-0.3, -0.25) is 0 Å². The lowest BCUT2D eigenvalue weighted by molar-refractivity contribution is 0.324. The zero-order valence-electron chi connectivity index (χ0n) is 16.8. The second-order valence-corrected chi connectivity index (χ2v) is 8.03. The van der Waals surface area contributed by atoms with Gasteiger partial charge in [0, 0.05) is 24.3 Å². The van der Waals surface area contributed by atoms with Crippen LogP contribution in [-0.4, -0.2) is 45.4 Å². The number of aromatic nitrogens is 2. The van der Waals surface area contributed by atoms with E-state index in [1.54, 1.807) is 23.9 Å². The van der Waals surface area contributed by atoms with Gasteiger partial charge >= 0.3 is 0 Å². The van der Waals surface area contributed by atoms with Crippen molar-refractivity contribution in [3.63, 3.8) is 0 Å². The Morgan fingerprint density at radius 1 is 1.03 bits per heavy atom. The molecule has 0 bridgehead atoms. The maximum atomic E-state index is 9.60. The molecular weight excluding hydrogens is 382 g/mol. The number of rotatable bonds is 7. The molecule has 1 aliphatic rings. The van der Waals surface area contributed by atoms with Crippen LogP contribution in [0.4, 0.5) is 0 Å². The fraction of sp³-hybridized carbons (Fsp3) is 0.304. The molecule has 1 aromatic heterocycles. The Balaban J connectivity index is 1.68. The van der Waals surface area contributed by atoms with Gasteiger partial charge in [-0.1, -0.05) is 32.0 Å². The molecule has 0 atom stereocenters. The molecule has 2 heterocycles. The molecule has 0 aliphatic carbocycles. The van der Waals surface area contributed by atoms with Gasteiger partial charge in [0.25, 0.3) is 0 Å². The number of hydrogen-bond donors (Lipinski definition) is 1. The fourth-order valence-corrected chi connectivity index (χ4v) is 4.42. The van der Waals surface area contributed by atoms with E-state index in [0.29, 0.717) is 11.7 Å². The summed E-state index contributed by atoms with van der Waals surface area (Å²) in [5.41, 5.74) is 3.07. The topological polar surface area (TPSA) is 58.5 Å². The first-order valence-electron chi connectivity index (χ1n) is 9.99. The lowest BCUT2D eigenvalue weighted by Crippen LogP contribution is -2.25. The van der Waals surface area contributed by atoms with Gasteiger partial charge in [-0.05, 0) is 49.0 Å². The summed E-state index contributed by atoms with van der Waals surface area (Å²) in [6, 6.07) is 15.1. The van der Waals surface area contributed by atoms with Crippen molar-refractivity contribution in [2.24, 2.45) is 0 Å². The lowest BCUT2D eigenvalue weighted by atomic mass is 10.0. The van der Waals surface area contributed by atoms with Crippen molar-refractivity contribution in [3.05, 3.63) is 59.7 Å². The molecule has 1 aliphatic heterocycles. The van der Waals surface area contributed by atoms with Crippen LogP contribution < -0.4 is 4.74 Å². The highest BCUT2D eigenvalue weighted by Crippen LogP contribution is 2.40. The number of ether oxygens (including phenoxy) is 1. The summed E-state index contributed by atoms with van der Waals surface area (Å²) in [4.78, 5) is 12.0. The van der Waals surface area contributed by atoms with Crippen molar-refractivity contribution in [1.29, 1.82) is 0 Å². The highest BCUT2D eigenvalue weighted by atomic mass is 32.2. The molecule has 2 aromatic carbocycles. The Morgan fingerprint density at radius 3 is 2.55 bits per heavy atom. The van der Waals surface area contributed by atoms with Gasteiger partial charge in [-0.15, -0.1) is 11.8 Å². The Kier molecular flexibility index (Phi) is 6.02. The molecule has 3 aromatic rings. The predicted molar refractivity (Wildman–Crippen MR) is 117 cm³/mol. The lowest BCUT2D eigenvalue weighted by Gasteiger charge is -2.22. The van der Waals surface area contributed by atoms with E-state index in [0.717, 1.165) is 59.3 Å². The van der Waals surface area contributed by atoms with Crippen molar-refractivity contribution < 1.29 is 9.84 Å². The number of phenols is 1. The van der Waals surface area contributed by atoms with Crippen LogP contribution in [0.25, 0.3) is 11.4 Å². The van der Waals surface area contributed by atoms with Crippen molar-refractivity contribution in [3.8, 4) is 28.8 Å². The molecule has 4 rings (SSSR count). The SMILES string of the molecule is CCN(CC)CCSc1nc(-c2ccc(O)cc2)nc2c1Cc1ccccc1O2. The molecule has 5 nitrogen and oxygen atoms in total. The molecule has 1 N–H and O–H groups in total. The maximum absolute atomic E-state index is 9.60. The number of para-hydroxylation sites is 1. The van der Waals surface area contributed by atoms with Crippen LogP contribution in [0.5, 0.6) is 17.4 Å². The number of aromatic hydroxyl groups is 1. The van der Waals surface area contributed by atoms with E-state index < -0.39 is 0 Å². The van der Waals surface area contributed by atoms with Gasteiger partial charge in [0.2, 0.25) is 5.88 Å². The molecule has 29 heavy (non-hydrogen) atoms. The van der Waals surface area contributed by atoms with E-state index in [4.69, 9.17) is 14.7 Å². The van der Waals surface area contributed by atoms with E-state index in [1.165, 1.54) is 0 Å². The Labute approximate surface area is 175 Å². The molecule has 0 saturated heterocycles. The minimum Gasteiger partial charge on any atom is -0.508 e. The zero-order chi connectivity index (χ0) is 20.2. The monoisotopic (exact) mass is 407 g/mol. The first kappa shape index (κ1) is 19.7. The average molecular weight is 408 g/mol. The van der Waals surface area contributed by atoms with Gasteiger partial charge in [0.1, 0.15) is 16.5 Å². The van der Waals surface area contributed by atoms with E-state index in [2.05, 4.69) is 24.8 Å². The Bertz CT molecular complexity index is 988. The molecule has 0 spiro atoms. The molecule has 0 radical (unpaired) electrons. The molecule has 6 heteroatoms. The van der Waals surface area contributed by atoms with Crippen molar-refractivity contribution in [2.75, 3.05) is 25.4 Å². The van der Waals surface area contributed by atoms with Gasteiger partial charge < -0.3 is 14.7 Å².